The maximum atomic E-state index is 8.86. The SMILES string of the molecule is Cn1c(-c2ccncc2)cnc1CCO. The van der Waals surface area contributed by atoms with Crippen molar-refractivity contribution in [1.29, 1.82) is 0 Å². The van der Waals surface area contributed by atoms with Crippen LogP contribution in [0.2, 0.25) is 0 Å². The van der Waals surface area contributed by atoms with Crippen LogP contribution < -0.4 is 0 Å². The standard InChI is InChI=1S/C11H13N3O/c1-14-10(8-13-11(14)4-7-15)9-2-5-12-6-3-9/h2-3,5-6,8,15H,4,7H2,1H3. The summed E-state index contributed by atoms with van der Waals surface area (Å²) in [6.07, 6.45) is 5.92. The summed E-state index contributed by atoms with van der Waals surface area (Å²) in [6.45, 7) is 0.126. The molecule has 4 nitrogen and oxygen atoms in total. The lowest BCUT2D eigenvalue weighted by atomic mass is 10.2. The third-order valence-corrected chi connectivity index (χ3v) is 2.40. The van der Waals surface area contributed by atoms with E-state index in [1.165, 1.54) is 0 Å². The van der Waals surface area contributed by atoms with Crippen LogP contribution in [0.5, 0.6) is 0 Å². The molecule has 2 aromatic rings. The molecular weight excluding hydrogens is 190 g/mol. The Labute approximate surface area is 88.2 Å². The second-order valence-electron chi connectivity index (χ2n) is 3.33. The molecule has 2 aromatic heterocycles. The highest BCUT2D eigenvalue weighted by atomic mass is 16.3. The fourth-order valence-corrected chi connectivity index (χ4v) is 1.57. The van der Waals surface area contributed by atoms with E-state index in [9.17, 15) is 0 Å². The van der Waals surface area contributed by atoms with Gasteiger partial charge in [0.25, 0.3) is 0 Å². The van der Waals surface area contributed by atoms with Crippen molar-refractivity contribution >= 4 is 0 Å². The van der Waals surface area contributed by atoms with Gasteiger partial charge in [0, 0.05) is 31.4 Å². The van der Waals surface area contributed by atoms with Gasteiger partial charge in [-0.15, -0.1) is 0 Å². The van der Waals surface area contributed by atoms with Crippen LogP contribution in [0.15, 0.2) is 30.7 Å². The Morgan fingerprint density at radius 2 is 2.07 bits per heavy atom. The predicted octanol–water partition coefficient (Wildman–Crippen LogP) is 1.02. The number of imidazole rings is 1. The monoisotopic (exact) mass is 203 g/mol. The molecule has 2 rings (SSSR count). The van der Waals surface area contributed by atoms with E-state index in [1.54, 1.807) is 12.4 Å². The molecule has 0 amide bonds. The summed E-state index contributed by atoms with van der Waals surface area (Å²) in [7, 11) is 1.95. The summed E-state index contributed by atoms with van der Waals surface area (Å²) in [5.41, 5.74) is 2.13. The highest BCUT2D eigenvalue weighted by molar-refractivity contribution is 5.58. The normalized spacial score (nSPS) is 10.5. The van der Waals surface area contributed by atoms with Gasteiger partial charge in [0.05, 0.1) is 18.5 Å². The molecule has 0 unspecified atom stereocenters. The lowest BCUT2D eigenvalue weighted by Crippen LogP contribution is -2.02. The number of aliphatic hydroxyl groups is 1. The minimum Gasteiger partial charge on any atom is -0.396 e. The fourth-order valence-electron chi connectivity index (χ4n) is 1.57. The Bertz CT molecular complexity index is 436. The van der Waals surface area contributed by atoms with Crippen LogP contribution in [0.4, 0.5) is 0 Å². The van der Waals surface area contributed by atoms with Gasteiger partial charge in [-0.1, -0.05) is 0 Å². The summed E-state index contributed by atoms with van der Waals surface area (Å²) in [5.74, 6) is 0.893. The average molecular weight is 203 g/mol. The third-order valence-electron chi connectivity index (χ3n) is 2.40. The summed E-state index contributed by atoms with van der Waals surface area (Å²) < 4.78 is 1.99. The molecule has 2 heterocycles. The van der Waals surface area contributed by atoms with Gasteiger partial charge in [-0.05, 0) is 12.1 Å². The molecule has 1 N–H and O–H groups in total. The molecule has 0 aromatic carbocycles. The molecule has 0 aliphatic carbocycles. The summed E-state index contributed by atoms with van der Waals surface area (Å²) in [4.78, 5) is 8.24. The number of aliphatic hydroxyl groups excluding tert-OH is 1. The van der Waals surface area contributed by atoms with E-state index in [4.69, 9.17) is 5.11 Å². The highest BCUT2D eigenvalue weighted by Crippen LogP contribution is 2.18. The lowest BCUT2D eigenvalue weighted by Gasteiger charge is -2.04. The second-order valence-corrected chi connectivity index (χ2v) is 3.33. The van der Waals surface area contributed by atoms with E-state index in [0.717, 1.165) is 17.1 Å². The molecule has 15 heavy (non-hydrogen) atoms. The zero-order valence-electron chi connectivity index (χ0n) is 8.59. The zero-order valence-corrected chi connectivity index (χ0v) is 8.59. The molecule has 0 spiro atoms. The molecule has 0 aliphatic rings. The molecule has 0 atom stereocenters. The molecule has 0 fully saturated rings. The van der Waals surface area contributed by atoms with E-state index in [-0.39, 0.29) is 6.61 Å². The van der Waals surface area contributed by atoms with Crippen LogP contribution in [-0.2, 0) is 13.5 Å². The first-order valence-electron chi connectivity index (χ1n) is 4.85. The number of rotatable bonds is 3. The topological polar surface area (TPSA) is 50.9 Å². The fraction of sp³-hybridized carbons (Fsp3) is 0.273. The van der Waals surface area contributed by atoms with Crippen LogP contribution in [0, 0.1) is 0 Å². The van der Waals surface area contributed by atoms with Crippen LogP contribution in [0.3, 0.4) is 0 Å². The van der Waals surface area contributed by atoms with Gasteiger partial charge in [-0.2, -0.15) is 0 Å². The van der Waals surface area contributed by atoms with E-state index in [0.29, 0.717) is 6.42 Å². The first kappa shape index (κ1) is 9.86. The first-order chi connectivity index (χ1) is 7.33. The number of hydrogen-bond acceptors (Lipinski definition) is 3. The molecule has 0 radical (unpaired) electrons. The van der Waals surface area contributed by atoms with Crippen molar-refractivity contribution in [3.8, 4) is 11.3 Å². The second kappa shape index (κ2) is 4.23. The predicted molar refractivity (Wildman–Crippen MR) is 57.2 cm³/mol. The zero-order chi connectivity index (χ0) is 10.7. The molecule has 0 saturated carbocycles. The molecule has 0 aliphatic heterocycles. The molecule has 0 bridgehead atoms. The number of pyridine rings is 1. The average Bonchev–Trinajstić information content (AvgIpc) is 2.63. The van der Waals surface area contributed by atoms with Gasteiger partial charge in [-0.3, -0.25) is 4.98 Å². The quantitative estimate of drug-likeness (QED) is 0.810. The van der Waals surface area contributed by atoms with E-state index >= 15 is 0 Å². The van der Waals surface area contributed by atoms with Gasteiger partial charge in [0.15, 0.2) is 0 Å². The first-order valence-corrected chi connectivity index (χ1v) is 4.85. The van der Waals surface area contributed by atoms with Gasteiger partial charge in [0.2, 0.25) is 0 Å². The minimum atomic E-state index is 0.126. The lowest BCUT2D eigenvalue weighted by molar-refractivity contribution is 0.295. The third kappa shape index (κ3) is 1.89. The largest absolute Gasteiger partial charge is 0.396 e. The maximum Gasteiger partial charge on any atom is 0.111 e. The number of aromatic nitrogens is 3. The van der Waals surface area contributed by atoms with Crippen molar-refractivity contribution in [3.63, 3.8) is 0 Å². The number of hydrogen-bond donors (Lipinski definition) is 1. The van der Waals surface area contributed by atoms with E-state index < -0.39 is 0 Å². The van der Waals surface area contributed by atoms with Crippen molar-refractivity contribution in [2.24, 2.45) is 7.05 Å². The molecular formula is C11H13N3O. The smallest absolute Gasteiger partial charge is 0.111 e. The van der Waals surface area contributed by atoms with Crippen LogP contribution in [-0.4, -0.2) is 26.2 Å². The molecule has 78 valence electrons. The Morgan fingerprint density at radius 3 is 2.73 bits per heavy atom. The van der Waals surface area contributed by atoms with Gasteiger partial charge in [-0.25, -0.2) is 4.98 Å². The van der Waals surface area contributed by atoms with Crippen molar-refractivity contribution in [3.05, 3.63) is 36.5 Å². The van der Waals surface area contributed by atoms with Crippen LogP contribution in [0.25, 0.3) is 11.3 Å². The Hall–Kier alpha value is -1.68. The van der Waals surface area contributed by atoms with Crippen molar-refractivity contribution in [2.45, 2.75) is 6.42 Å². The number of nitrogens with zero attached hydrogens (tertiary/aromatic N) is 3. The van der Waals surface area contributed by atoms with Crippen molar-refractivity contribution < 1.29 is 5.11 Å². The Kier molecular flexibility index (Phi) is 2.78. The van der Waals surface area contributed by atoms with Gasteiger partial charge in [0.1, 0.15) is 5.82 Å². The molecule has 0 saturated heterocycles. The summed E-state index contributed by atoms with van der Waals surface area (Å²) >= 11 is 0. The van der Waals surface area contributed by atoms with Crippen molar-refractivity contribution in [2.75, 3.05) is 6.61 Å². The summed E-state index contributed by atoms with van der Waals surface area (Å²) in [5, 5.41) is 8.86. The van der Waals surface area contributed by atoms with Gasteiger partial charge >= 0.3 is 0 Å². The van der Waals surface area contributed by atoms with Crippen LogP contribution >= 0.6 is 0 Å². The van der Waals surface area contributed by atoms with E-state index in [2.05, 4.69) is 9.97 Å². The maximum absolute atomic E-state index is 8.86. The van der Waals surface area contributed by atoms with Crippen molar-refractivity contribution in [1.82, 2.24) is 14.5 Å². The van der Waals surface area contributed by atoms with Crippen LogP contribution in [0.1, 0.15) is 5.82 Å². The minimum absolute atomic E-state index is 0.126. The van der Waals surface area contributed by atoms with Gasteiger partial charge < -0.3 is 9.67 Å². The van der Waals surface area contributed by atoms with E-state index in [1.807, 2.05) is 29.9 Å². The highest BCUT2D eigenvalue weighted by Gasteiger charge is 2.07. The Morgan fingerprint density at radius 1 is 1.33 bits per heavy atom. The Balaban J connectivity index is 2.38. The summed E-state index contributed by atoms with van der Waals surface area (Å²) in [6, 6.07) is 3.89. The molecule has 4 heteroatoms.